The molecule has 1 aliphatic carbocycles. The van der Waals surface area contributed by atoms with Crippen LogP contribution in [0, 0.1) is 11.3 Å². The molecule has 0 aromatic heterocycles. The third kappa shape index (κ3) is 3.40. The molecule has 138 valence electrons. The van der Waals surface area contributed by atoms with Crippen LogP contribution in [0.1, 0.15) is 32.3 Å². The number of rotatable bonds is 5. The molecule has 3 atom stereocenters. The average Bonchev–Trinajstić information content (AvgIpc) is 2.64. The molecule has 1 aliphatic heterocycles. The highest BCUT2D eigenvalue weighted by Gasteiger charge is 2.58. The molecular weight excluding hydrogens is 318 g/mol. The van der Waals surface area contributed by atoms with E-state index in [-0.39, 0.29) is 5.41 Å². The summed E-state index contributed by atoms with van der Waals surface area (Å²) in [5.74, 6) is 2.42. The van der Waals surface area contributed by atoms with Gasteiger partial charge in [-0.15, -0.1) is 0 Å². The highest BCUT2D eigenvalue weighted by molar-refractivity contribution is 5.78. The highest BCUT2D eigenvalue weighted by Crippen LogP contribution is 2.51. The first-order valence-electron chi connectivity index (χ1n) is 8.86. The van der Waals surface area contributed by atoms with Crippen molar-refractivity contribution in [3.05, 3.63) is 23.8 Å². The van der Waals surface area contributed by atoms with Crippen LogP contribution in [-0.4, -0.2) is 38.9 Å². The molecule has 2 fully saturated rings. The number of hydrogen-bond donors (Lipinski definition) is 2. The summed E-state index contributed by atoms with van der Waals surface area (Å²) in [5, 5.41) is 3.42. The van der Waals surface area contributed by atoms with Crippen LogP contribution in [0.2, 0.25) is 0 Å². The minimum atomic E-state index is 0.0779. The Labute approximate surface area is 149 Å². The van der Waals surface area contributed by atoms with E-state index >= 15 is 0 Å². The molecule has 3 rings (SSSR count). The molecule has 0 amide bonds. The second kappa shape index (κ2) is 7.12. The van der Waals surface area contributed by atoms with Crippen molar-refractivity contribution in [1.29, 1.82) is 0 Å². The van der Waals surface area contributed by atoms with Crippen molar-refractivity contribution >= 4 is 5.96 Å². The summed E-state index contributed by atoms with van der Waals surface area (Å²) in [7, 11) is 3.25. The fourth-order valence-electron chi connectivity index (χ4n) is 4.18. The van der Waals surface area contributed by atoms with E-state index in [9.17, 15) is 0 Å². The maximum absolute atomic E-state index is 6.14. The van der Waals surface area contributed by atoms with Crippen molar-refractivity contribution in [2.45, 2.75) is 45.4 Å². The lowest BCUT2D eigenvalue weighted by Crippen LogP contribution is -2.70. The second-order valence-corrected chi connectivity index (χ2v) is 7.43. The van der Waals surface area contributed by atoms with Crippen LogP contribution in [-0.2, 0) is 11.3 Å². The highest BCUT2D eigenvalue weighted by atomic mass is 16.5. The van der Waals surface area contributed by atoms with Crippen molar-refractivity contribution in [2.75, 3.05) is 20.8 Å². The number of nitrogens with zero attached hydrogens (tertiary/aromatic N) is 1. The Morgan fingerprint density at radius 2 is 2.08 bits per heavy atom. The van der Waals surface area contributed by atoms with Gasteiger partial charge in [0.15, 0.2) is 17.5 Å². The molecule has 3 unspecified atom stereocenters. The van der Waals surface area contributed by atoms with E-state index < -0.39 is 0 Å². The van der Waals surface area contributed by atoms with Gasteiger partial charge in [0.25, 0.3) is 0 Å². The zero-order chi connectivity index (χ0) is 18.0. The summed E-state index contributed by atoms with van der Waals surface area (Å²) >= 11 is 0. The largest absolute Gasteiger partial charge is 0.493 e. The zero-order valence-electron chi connectivity index (χ0n) is 15.5. The number of benzene rings is 1. The molecule has 0 spiro atoms. The standard InChI is InChI=1S/C19H29N3O3/c1-19(2)16(13-6-5-9-25-17(13)19)22-18(20)21-11-12-7-8-14(23-3)15(10-12)24-4/h7-8,10,13,16-17H,5-6,9,11H2,1-4H3,(H3,20,21,22). The van der Waals surface area contributed by atoms with Gasteiger partial charge in [0, 0.05) is 24.0 Å². The van der Waals surface area contributed by atoms with Crippen LogP contribution in [0.15, 0.2) is 23.2 Å². The predicted octanol–water partition coefficient (Wildman–Crippen LogP) is 2.31. The molecule has 1 aromatic rings. The van der Waals surface area contributed by atoms with Crippen molar-refractivity contribution in [1.82, 2.24) is 5.32 Å². The molecule has 1 aromatic carbocycles. The molecule has 1 saturated carbocycles. The number of methoxy groups -OCH3 is 2. The number of aliphatic imine (C=N–C) groups is 1. The molecule has 1 saturated heterocycles. The smallest absolute Gasteiger partial charge is 0.189 e. The summed E-state index contributed by atoms with van der Waals surface area (Å²) in [6.45, 7) is 5.84. The van der Waals surface area contributed by atoms with E-state index in [1.54, 1.807) is 14.2 Å². The van der Waals surface area contributed by atoms with Crippen LogP contribution in [0.4, 0.5) is 0 Å². The SMILES string of the molecule is COc1ccc(CN=C(N)NC2C3CCCOC3C2(C)C)cc1OC. The van der Waals surface area contributed by atoms with Gasteiger partial charge in [-0.25, -0.2) is 4.99 Å². The van der Waals surface area contributed by atoms with Gasteiger partial charge < -0.3 is 25.3 Å². The first kappa shape index (κ1) is 17.9. The quantitative estimate of drug-likeness (QED) is 0.631. The molecule has 0 bridgehead atoms. The number of fused-ring (bicyclic) bond motifs is 1. The van der Waals surface area contributed by atoms with Crippen molar-refractivity contribution in [3.63, 3.8) is 0 Å². The number of hydrogen-bond acceptors (Lipinski definition) is 4. The van der Waals surface area contributed by atoms with Crippen LogP contribution in [0.3, 0.4) is 0 Å². The Hall–Kier alpha value is -1.95. The van der Waals surface area contributed by atoms with Crippen LogP contribution < -0.4 is 20.5 Å². The maximum atomic E-state index is 6.14. The molecule has 1 heterocycles. The Balaban J connectivity index is 1.62. The van der Waals surface area contributed by atoms with Gasteiger partial charge in [0.1, 0.15) is 0 Å². The van der Waals surface area contributed by atoms with Crippen molar-refractivity contribution in [2.24, 2.45) is 22.1 Å². The van der Waals surface area contributed by atoms with Crippen molar-refractivity contribution < 1.29 is 14.2 Å². The number of ether oxygens (including phenoxy) is 3. The molecule has 25 heavy (non-hydrogen) atoms. The summed E-state index contributed by atoms with van der Waals surface area (Å²) in [5.41, 5.74) is 7.24. The lowest BCUT2D eigenvalue weighted by molar-refractivity contribution is -0.188. The van der Waals surface area contributed by atoms with Gasteiger partial charge in [-0.3, -0.25) is 0 Å². The molecule has 2 aliphatic rings. The van der Waals surface area contributed by atoms with E-state index in [0.29, 0.717) is 42.1 Å². The third-order valence-electron chi connectivity index (χ3n) is 5.51. The van der Waals surface area contributed by atoms with Crippen molar-refractivity contribution in [3.8, 4) is 11.5 Å². The molecular formula is C19H29N3O3. The molecule has 0 radical (unpaired) electrons. The number of nitrogens with one attached hydrogen (secondary N) is 1. The minimum Gasteiger partial charge on any atom is -0.493 e. The van der Waals surface area contributed by atoms with Gasteiger partial charge >= 0.3 is 0 Å². The normalized spacial score (nSPS) is 27.8. The molecule has 6 heteroatoms. The number of guanidine groups is 1. The number of nitrogens with two attached hydrogens (primary N) is 1. The summed E-state index contributed by atoms with van der Waals surface area (Å²) in [6.07, 6.45) is 2.64. The van der Waals surface area contributed by atoms with E-state index in [2.05, 4.69) is 24.2 Å². The topological polar surface area (TPSA) is 78.1 Å². The van der Waals surface area contributed by atoms with E-state index in [0.717, 1.165) is 18.6 Å². The second-order valence-electron chi connectivity index (χ2n) is 7.43. The zero-order valence-corrected chi connectivity index (χ0v) is 15.5. The molecule has 3 N–H and O–H groups in total. The monoisotopic (exact) mass is 347 g/mol. The van der Waals surface area contributed by atoms with E-state index in [4.69, 9.17) is 19.9 Å². The van der Waals surface area contributed by atoms with Gasteiger partial charge in [-0.05, 0) is 30.5 Å². The lowest BCUT2D eigenvalue weighted by atomic mass is 9.55. The fraction of sp³-hybridized carbons (Fsp3) is 0.632. The van der Waals surface area contributed by atoms with Gasteiger partial charge in [0.2, 0.25) is 0 Å². The summed E-state index contributed by atoms with van der Waals surface area (Å²) < 4.78 is 16.5. The molecule has 6 nitrogen and oxygen atoms in total. The third-order valence-corrected chi connectivity index (χ3v) is 5.51. The Morgan fingerprint density at radius 3 is 2.80 bits per heavy atom. The Bertz CT molecular complexity index is 645. The van der Waals surface area contributed by atoms with Gasteiger partial charge in [-0.2, -0.15) is 0 Å². The van der Waals surface area contributed by atoms with Gasteiger partial charge in [-0.1, -0.05) is 19.9 Å². The maximum Gasteiger partial charge on any atom is 0.189 e. The Kier molecular flexibility index (Phi) is 5.08. The Morgan fingerprint density at radius 1 is 1.32 bits per heavy atom. The lowest BCUT2D eigenvalue weighted by Gasteiger charge is -2.60. The first-order valence-corrected chi connectivity index (χ1v) is 8.86. The van der Waals surface area contributed by atoms with Gasteiger partial charge in [0.05, 0.1) is 26.9 Å². The predicted molar refractivity (Wildman–Crippen MR) is 98.0 cm³/mol. The van der Waals surface area contributed by atoms with Crippen LogP contribution in [0.25, 0.3) is 0 Å². The average molecular weight is 347 g/mol. The fourth-order valence-corrected chi connectivity index (χ4v) is 4.18. The first-order chi connectivity index (χ1) is 12.0. The van der Waals surface area contributed by atoms with Crippen LogP contribution >= 0.6 is 0 Å². The summed E-state index contributed by atoms with van der Waals surface area (Å²) in [6, 6.07) is 6.09. The van der Waals surface area contributed by atoms with Crippen LogP contribution in [0.5, 0.6) is 11.5 Å². The van der Waals surface area contributed by atoms with E-state index in [1.165, 1.54) is 6.42 Å². The summed E-state index contributed by atoms with van der Waals surface area (Å²) in [4.78, 5) is 4.50. The van der Waals surface area contributed by atoms with E-state index in [1.807, 2.05) is 18.2 Å². The minimum absolute atomic E-state index is 0.0779.